The van der Waals surface area contributed by atoms with Crippen LogP contribution in [0.3, 0.4) is 0 Å². The second-order valence-corrected chi connectivity index (χ2v) is 15.9. The van der Waals surface area contributed by atoms with Gasteiger partial charge in [0.15, 0.2) is 17.5 Å². The summed E-state index contributed by atoms with van der Waals surface area (Å²) in [5.74, 6) is 1.85. The largest absolute Gasteiger partial charge is 0.309 e. The fourth-order valence-electron chi connectivity index (χ4n) is 9.21. The van der Waals surface area contributed by atoms with Crippen LogP contribution in [0, 0.1) is 0 Å². The average molecular weight is 822 g/mol. The van der Waals surface area contributed by atoms with Crippen LogP contribution in [-0.4, -0.2) is 24.1 Å². The molecule has 5 heteroatoms. The van der Waals surface area contributed by atoms with Gasteiger partial charge >= 0.3 is 0 Å². The van der Waals surface area contributed by atoms with Gasteiger partial charge in [-0.15, -0.1) is 0 Å². The minimum absolute atomic E-state index is 0.601. The van der Waals surface area contributed by atoms with Gasteiger partial charge in [-0.2, -0.15) is 0 Å². The van der Waals surface area contributed by atoms with E-state index in [0.717, 1.165) is 72.6 Å². The zero-order valence-electron chi connectivity index (χ0n) is 35.6. The monoisotopic (exact) mass is 821 g/mol. The van der Waals surface area contributed by atoms with Crippen molar-refractivity contribution in [1.82, 2.24) is 24.1 Å². The summed E-state index contributed by atoms with van der Waals surface area (Å²) < 4.78 is 4.91. The summed E-state index contributed by atoms with van der Waals surface area (Å²) in [5, 5.41) is 3.53. The van der Waals surface area contributed by atoms with Gasteiger partial charge in [0, 0.05) is 49.8 Å². The first-order valence-electron chi connectivity index (χ1n) is 21.8. The number of para-hydroxylation sites is 2. The van der Waals surface area contributed by atoms with E-state index in [4.69, 9.17) is 15.0 Å². The van der Waals surface area contributed by atoms with Gasteiger partial charge in [-0.05, 0) is 78.6 Å². The summed E-state index contributed by atoms with van der Waals surface area (Å²) in [6, 6.07) is 73.0. The lowest BCUT2D eigenvalue weighted by molar-refractivity contribution is 1.07. The van der Waals surface area contributed by atoms with Gasteiger partial charge in [0.2, 0.25) is 0 Å². The van der Waals surface area contributed by atoms with E-state index in [2.05, 4.69) is 211 Å². The lowest BCUT2D eigenvalue weighted by atomic mass is 9.97. The molecule has 11 aromatic rings. The Balaban J connectivity index is 1.29. The molecule has 3 aromatic heterocycles. The molecule has 0 spiro atoms. The smallest absolute Gasteiger partial charge is 0.164 e. The molecule has 0 bridgehead atoms. The van der Waals surface area contributed by atoms with E-state index >= 15 is 0 Å². The van der Waals surface area contributed by atoms with Gasteiger partial charge < -0.3 is 9.13 Å². The SMILES string of the molecule is C/C=C\C(=C/C)c1cc(-c2nc(-c3ccccc3)nc(-c3ccccc3)n2)cc(-n2c3ccccc3c3ccc4c(c(-c5ccccc5)c(-c5ccccc5)n4-c4ccccc4)c32)c1. The Morgan fingerprint density at radius 2 is 0.953 bits per heavy atom. The molecule has 3 heterocycles. The normalized spacial score (nSPS) is 11.9. The van der Waals surface area contributed by atoms with Gasteiger partial charge in [0.25, 0.3) is 0 Å². The molecule has 0 amide bonds. The number of hydrogen-bond donors (Lipinski definition) is 0. The molecule has 304 valence electrons. The third-order valence-electron chi connectivity index (χ3n) is 12.0. The van der Waals surface area contributed by atoms with E-state index < -0.39 is 0 Å². The van der Waals surface area contributed by atoms with Crippen LogP contribution in [0.5, 0.6) is 0 Å². The molecule has 11 rings (SSSR count). The number of aromatic nitrogens is 5. The summed E-state index contributed by atoms with van der Waals surface area (Å²) in [6.45, 7) is 4.16. The maximum absolute atomic E-state index is 5.23. The van der Waals surface area contributed by atoms with Crippen molar-refractivity contribution in [3.63, 3.8) is 0 Å². The molecular weight excluding hydrogens is 779 g/mol. The maximum Gasteiger partial charge on any atom is 0.164 e. The van der Waals surface area contributed by atoms with Crippen molar-refractivity contribution >= 4 is 38.3 Å². The fourth-order valence-corrected chi connectivity index (χ4v) is 9.21. The van der Waals surface area contributed by atoms with Crippen molar-refractivity contribution in [1.29, 1.82) is 0 Å². The van der Waals surface area contributed by atoms with Crippen LogP contribution in [-0.2, 0) is 0 Å². The second-order valence-electron chi connectivity index (χ2n) is 15.9. The summed E-state index contributed by atoms with van der Waals surface area (Å²) >= 11 is 0. The summed E-state index contributed by atoms with van der Waals surface area (Å²) in [6.07, 6.45) is 6.44. The van der Waals surface area contributed by atoms with Gasteiger partial charge in [-0.1, -0.05) is 182 Å². The Morgan fingerprint density at radius 3 is 1.55 bits per heavy atom. The Bertz CT molecular complexity index is 3470. The third-order valence-corrected chi connectivity index (χ3v) is 12.0. The molecule has 8 aromatic carbocycles. The number of benzene rings is 8. The Kier molecular flexibility index (Phi) is 9.90. The zero-order valence-corrected chi connectivity index (χ0v) is 35.6. The second kappa shape index (κ2) is 16.5. The van der Waals surface area contributed by atoms with E-state index in [1.54, 1.807) is 0 Å². The van der Waals surface area contributed by atoms with E-state index in [9.17, 15) is 0 Å². The van der Waals surface area contributed by atoms with Crippen LogP contribution in [0.4, 0.5) is 0 Å². The molecule has 0 unspecified atom stereocenters. The van der Waals surface area contributed by atoms with E-state index in [0.29, 0.717) is 17.5 Å². The van der Waals surface area contributed by atoms with E-state index in [1.165, 1.54) is 21.7 Å². The molecule has 0 atom stereocenters. The molecule has 0 fully saturated rings. The molecule has 64 heavy (non-hydrogen) atoms. The van der Waals surface area contributed by atoms with Crippen molar-refractivity contribution in [3.05, 3.63) is 230 Å². The summed E-state index contributed by atoms with van der Waals surface area (Å²) in [4.78, 5) is 15.5. The Hall–Kier alpha value is -8.41. The summed E-state index contributed by atoms with van der Waals surface area (Å²) in [5.41, 5.74) is 15.0. The molecule has 0 aliphatic rings. The van der Waals surface area contributed by atoms with Gasteiger partial charge in [-0.3, -0.25) is 0 Å². The first-order valence-corrected chi connectivity index (χ1v) is 21.8. The zero-order chi connectivity index (χ0) is 43.0. The number of nitrogens with zero attached hydrogens (tertiary/aromatic N) is 5. The molecule has 0 aliphatic carbocycles. The van der Waals surface area contributed by atoms with Crippen LogP contribution in [0.25, 0.3) is 106 Å². The van der Waals surface area contributed by atoms with E-state index in [1.807, 2.05) is 36.4 Å². The minimum atomic E-state index is 0.601. The molecule has 0 saturated carbocycles. The van der Waals surface area contributed by atoms with Crippen LogP contribution >= 0.6 is 0 Å². The van der Waals surface area contributed by atoms with Crippen molar-refractivity contribution in [2.24, 2.45) is 0 Å². The predicted octanol–water partition coefficient (Wildman–Crippen LogP) is 15.2. The van der Waals surface area contributed by atoms with Crippen LogP contribution in [0.15, 0.2) is 224 Å². The van der Waals surface area contributed by atoms with Crippen LogP contribution < -0.4 is 0 Å². The van der Waals surface area contributed by atoms with Crippen molar-refractivity contribution in [3.8, 4) is 67.9 Å². The number of allylic oxidation sites excluding steroid dienone is 4. The average Bonchev–Trinajstić information content (AvgIpc) is 3.90. The maximum atomic E-state index is 5.23. The minimum Gasteiger partial charge on any atom is -0.309 e. The van der Waals surface area contributed by atoms with Crippen LogP contribution in [0.1, 0.15) is 19.4 Å². The lowest BCUT2D eigenvalue weighted by Crippen LogP contribution is -2.02. The van der Waals surface area contributed by atoms with Gasteiger partial charge in [0.1, 0.15) is 0 Å². The highest BCUT2D eigenvalue weighted by Crippen LogP contribution is 2.48. The number of rotatable bonds is 9. The van der Waals surface area contributed by atoms with Gasteiger partial charge in [0.05, 0.1) is 22.2 Å². The molecule has 0 aliphatic heterocycles. The topological polar surface area (TPSA) is 48.5 Å². The van der Waals surface area contributed by atoms with Crippen LogP contribution in [0.2, 0.25) is 0 Å². The lowest BCUT2D eigenvalue weighted by Gasteiger charge is -2.15. The molecule has 5 nitrogen and oxygen atoms in total. The predicted molar refractivity (Wildman–Crippen MR) is 267 cm³/mol. The highest BCUT2D eigenvalue weighted by Gasteiger charge is 2.27. The Labute approximate surface area is 372 Å². The molecule has 0 saturated heterocycles. The highest BCUT2D eigenvalue weighted by molar-refractivity contribution is 6.24. The highest BCUT2D eigenvalue weighted by atomic mass is 15.0. The van der Waals surface area contributed by atoms with E-state index in [-0.39, 0.29) is 0 Å². The van der Waals surface area contributed by atoms with Crippen molar-refractivity contribution in [2.45, 2.75) is 13.8 Å². The fraction of sp³-hybridized carbons (Fsp3) is 0.0339. The number of fused-ring (bicyclic) bond motifs is 5. The molecule has 0 N–H and O–H groups in total. The molecular formula is C59H43N5. The first-order chi connectivity index (χ1) is 31.7. The quantitative estimate of drug-likeness (QED) is 0.136. The van der Waals surface area contributed by atoms with Crippen molar-refractivity contribution < 1.29 is 0 Å². The number of hydrogen-bond acceptors (Lipinski definition) is 3. The van der Waals surface area contributed by atoms with Gasteiger partial charge in [-0.25, -0.2) is 15.0 Å². The first kappa shape index (κ1) is 38.5. The standard InChI is InChI=1S/C59H43N5/c1-3-22-40(4-2)45-37-46(59-61-57(43-27-14-7-15-28-43)60-58(62-59)44-29-16-8-17-30-44)39-48(38-45)64-51-34-21-20-33-49(51)50-35-36-52-54(56(50)64)53(41-23-10-5-11-24-41)55(42-25-12-6-13-26-42)63(52)47-31-18-9-19-32-47/h3-39H,1-2H3/b22-3-,40-4+. The molecule has 0 radical (unpaired) electrons. The summed E-state index contributed by atoms with van der Waals surface area (Å²) in [7, 11) is 0. The Morgan fingerprint density at radius 1 is 0.422 bits per heavy atom. The van der Waals surface area contributed by atoms with Crippen molar-refractivity contribution in [2.75, 3.05) is 0 Å². The third kappa shape index (κ3) is 6.71.